The fourth-order valence-corrected chi connectivity index (χ4v) is 3.08. The van der Waals surface area contributed by atoms with Crippen molar-refractivity contribution in [3.05, 3.63) is 59.0 Å². The Morgan fingerprint density at radius 2 is 1.89 bits per heavy atom. The Bertz CT molecular complexity index is 935. The Hall–Kier alpha value is -3.29. The molecule has 148 valence electrons. The summed E-state index contributed by atoms with van der Waals surface area (Å²) in [6.45, 7) is 3.62. The molecule has 1 atom stereocenters. The van der Waals surface area contributed by atoms with Crippen LogP contribution >= 0.6 is 0 Å². The molecule has 2 aromatic heterocycles. The summed E-state index contributed by atoms with van der Waals surface area (Å²) < 4.78 is 17.8. The van der Waals surface area contributed by atoms with E-state index in [1.807, 2.05) is 36.9 Å². The van der Waals surface area contributed by atoms with E-state index in [2.05, 4.69) is 15.5 Å². The molecule has 0 fully saturated rings. The first-order chi connectivity index (χ1) is 13.4. The van der Waals surface area contributed by atoms with Crippen molar-refractivity contribution in [3.8, 4) is 11.5 Å². The van der Waals surface area contributed by atoms with Gasteiger partial charge in [-0.1, -0.05) is 5.16 Å². The smallest absolute Gasteiger partial charge is 0.225 e. The Kier molecular flexibility index (Phi) is 5.67. The van der Waals surface area contributed by atoms with Crippen LogP contribution in [0.5, 0.6) is 11.5 Å². The molecule has 0 saturated heterocycles. The number of ether oxygens (including phenoxy) is 2. The molecule has 2 heterocycles. The minimum absolute atomic E-state index is 0.163. The van der Waals surface area contributed by atoms with Crippen LogP contribution in [0.15, 0.2) is 35.1 Å². The predicted octanol–water partition coefficient (Wildman–Crippen LogP) is 2.49. The summed E-state index contributed by atoms with van der Waals surface area (Å²) in [6.07, 6.45) is 3.70. The summed E-state index contributed by atoms with van der Waals surface area (Å²) in [6, 6.07) is 5.03. The maximum absolute atomic E-state index is 12.8. The van der Waals surface area contributed by atoms with Crippen molar-refractivity contribution in [2.24, 2.45) is 7.05 Å². The van der Waals surface area contributed by atoms with Crippen LogP contribution in [0.25, 0.3) is 0 Å². The topological polar surface area (TPSA) is 91.4 Å². The fourth-order valence-electron chi connectivity index (χ4n) is 3.08. The first kappa shape index (κ1) is 19.5. The van der Waals surface area contributed by atoms with E-state index in [0.29, 0.717) is 28.8 Å². The second-order valence-electron chi connectivity index (χ2n) is 6.52. The lowest BCUT2D eigenvalue weighted by molar-refractivity contribution is -0.121. The molecule has 0 radical (unpaired) electrons. The zero-order valence-corrected chi connectivity index (χ0v) is 16.6. The molecule has 0 saturated carbocycles. The van der Waals surface area contributed by atoms with E-state index in [1.165, 1.54) is 0 Å². The molecular weight excluding hydrogens is 360 g/mol. The molecule has 28 heavy (non-hydrogen) atoms. The molecular formula is C20H24N4O4. The van der Waals surface area contributed by atoms with Gasteiger partial charge in [0.25, 0.3) is 0 Å². The maximum atomic E-state index is 12.8. The van der Waals surface area contributed by atoms with Crippen molar-refractivity contribution < 1.29 is 18.8 Å². The number of rotatable bonds is 7. The summed E-state index contributed by atoms with van der Waals surface area (Å²) in [4.78, 5) is 17.3. The number of aryl methyl sites for hydroxylation is 3. The molecule has 3 rings (SSSR count). The van der Waals surface area contributed by atoms with E-state index in [-0.39, 0.29) is 12.3 Å². The van der Waals surface area contributed by atoms with Crippen molar-refractivity contribution in [2.45, 2.75) is 26.3 Å². The quantitative estimate of drug-likeness (QED) is 0.673. The van der Waals surface area contributed by atoms with E-state index in [4.69, 9.17) is 14.0 Å². The molecule has 0 spiro atoms. The van der Waals surface area contributed by atoms with Crippen LogP contribution in [-0.2, 0) is 18.3 Å². The highest BCUT2D eigenvalue weighted by Gasteiger charge is 2.23. The molecule has 3 aromatic rings. The lowest BCUT2D eigenvalue weighted by Crippen LogP contribution is -2.32. The van der Waals surface area contributed by atoms with Crippen molar-refractivity contribution in [1.29, 1.82) is 0 Å². The Balaban J connectivity index is 1.95. The second-order valence-corrected chi connectivity index (χ2v) is 6.52. The predicted molar refractivity (Wildman–Crippen MR) is 102 cm³/mol. The molecule has 0 aliphatic carbocycles. The van der Waals surface area contributed by atoms with Crippen LogP contribution in [-0.4, -0.2) is 34.8 Å². The number of benzene rings is 1. The highest BCUT2D eigenvalue weighted by atomic mass is 16.5. The van der Waals surface area contributed by atoms with E-state index >= 15 is 0 Å². The monoisotopic (exact) mass is 384 g/mol. The van der Waals surface area contributed by atoms with Crippen LogP contribution in [0.2, 0.25) is 0 Å². The van der Waals surface area contributed by atoms with E-state index in [9.17, 15) is 4.79 Å². The molecule has 8 nitrogen and oxygen atoms in total. The van der Waals surface area contributed by atoms with Gasteiger partial charge in [-0.3, -0.25) is 4.79 Å². The average Bonchev–Trinajstić information content (AvgIpc) is 3.25. The Labute approximate surface area is 163 Å². The number of hydrogen-bond acceptors (Lipinski definition) is 6. The van der Waals surface area contributed by atoms with Gasteiger partial charge in [-0.15, -0.1) is 0 Å². The normalized spacial score (nSPS) is 11.9. The fraction of sp³-hybridized carbons (Fsp3) is 0.350. The molecule has 0 aliphatic rings. The summed E-state index contributed by atoms with van der Waals surface area (Å²) >= 11 is 0. The van der Waals surface area contributed by atoms with Crippen molar-refractivity contribution in [2.75, 3.05) is 14.2 Å². The third-order valence-electron chi connectivity index (χ3n) is 4.65. The summed E-state index contributed by atoms with van der Waals surface area (Å²) in [5.41, 5.74) is 2.31. The van der Waals surface area contributed by atoms with E-state index < -0.39 is 6.04 Å². The van der Waals surface area contributed by atoms with E-state index in [0.717, 1.165) is 11.1 Å². The molecule has 0 bridgehead atoms. The number of carbonyl (C=O) groups excluding carboxylic acids is 1. The van der Waals surface area contributed by atoms with E-state index in [1.54, 1.807) is 33.4 Å². The number of hydrogen-bond donors (Lipinski definition) is 1. The standard InChI is InChI=1S/C20H24N4O4/c1-12-17(13(2)28-23-12)11-18(25)22-19(20-21-6-7-24(20)3)14-8-15(26-4)10-16(9-14)27-5/h6-10,19H,11H2,1-5H3,(H,22,25)/t19-/m0/s1. The third-order valence-corrected chi connectivity index (χ3v) is 4.65. The number of imidazole rings is 1. The molecule has 0 unspecified atom stereocenters. The van der Waals surface area contributed by atoms with Gasteiger partial charge >= 0.3 is 0 Å². The van der Waals surface area contributed by atoms with Gasteiger partial charge in [0.15, 0.2) is 0 Å². The number of methoxy groups -OCH3 is 2. The second kappa shape index (κ2) is 8.16. The largest absolute Gasteiger partial charge is 0.497 e. The van der Waals surface area contributed by atoms with Gasteiger partial charge < -0.3 is 23.9 Å². The Morgan fingerprint density at radius 1 is 1.21 bits per heavy atom. The SMILES string of the molecule is COc1cc(OC)cc([C@H](NC(=O)Cc2c(C)noc2C)c2nccn2C)c1. The molecule has 0 aliphatic heterocycles. The summed E-state index contributed by atoms with van der Waals surface area (Å²) in [5, 5.41) is 6.98. The third kappa shape index (κ3) is 4.00. The Morgan fingerprint density at radius 3 is 2.39 bits per heavy atom. The van der Waals surface area contributed by atoms with Crippen LogP contribution in [0.4, 0.5) is 0 Å². The zero-order chi connectivity index (χ0) is 20.3. The van der Waals surface area contributed by atoms with Crippen molar-refractivity contribution >= 4 is 5.91 Å². The first-order valence-electron chi connectivity index (χ1n) is 8.84. The minimum atomic E-state index is -0.475. The lowest BCUT2D eigenvalue weighted by atomic mass is 10.0. The first-order valence-corrected chi connectivity index (χ1v) is 8.84. The van der Waals surface area contributed by atoms with Crippen molar-refractivity contribution in [3.63, 3.8) is 0 Å². The van der Waals surface area contributed by atoms with Gasteiger partial charge in [0.1, 0.15) is 29.1 Å². The zero-order valence-electron chi connectivity index (χ0n) is 16.6. The number of carbonyl (C=O) groups is 1. The number of aromatic nitrogens is 3. The molecule has 1 N–H and O–H groups in total. The minimum Gasteiger partial charge on any atom is -0.497 e. The molecule has 1 aromatic carbocycles. The van der Waals surface area contributed by atoms with Gasteiger partial charge in [0.05, 0.1) is 26.3 Å². The summed E-state index contributed by atoms with van der Waals surface area (Å²) in [5.74, 6) is 2.44. The highest BCUT2D eigenvalue weighted by molar-refractivity contribution is 5.79. The number of amides is 1. The van der Waals surface area contributed by atoms with Gasteiger partial charge in [-0.05, 0) is 31.5 Å². The van der Waals surface area contributed by atoms with Gasteiger partial charge in [-0.25, -0.2) is 4.98 Å². The molecule has 1 amide bonds. The lowest BCUT2D eigenvalue weighted by Gasteiger charge is -2.20. The van der Waals surface area contributed by atoms with Gasteiger partial charge in [-0.2, -0.15) is 0 Å². The van der Waals surface area contributed by atoms with Gasteiger partial charge in [0, 0.05) is 31.1 Å². The molecule has 8 heteroatoms. The highest BCUT2D eigenvalue weighted by Crippen LogP contribution is 2.29. The van der Waals surface area contributed by atoms with Crippen LogP contribution < -0.4 is 14.8 Å². The number of nitrogens with one attached hydrogen (secondary N) is 1. The van der Waals surface area contributed by atoms with Crippen LogP contribution in [0.3, 0.4) is 0 Å². The van der Waals surface area contributed by atoms with Crippen LogP contribution in [0, 0.1) is 13.8 Å². The van der Waals surface area contributed by atoms with Crippen molar-refractivity contribution in [1.82, 2.24) is 20.0 Å². The average molecular weight is 384 g/mol. The van der Waals surface area contributed by atoms with Gasteiger partial charge in [0.2, 0.25) is 5.91 Å². The summed E-state index contributed by atoms with van der Waals surface area (Å²) in [7, 11) is 5.06. The maximum Gasteiger partial charge on any atom is 0.225 e. The van der Waals surface area contributed by atoms with Crippen LogP contribution in [0.1, 0.15) is 34.4 Å². The number of nitrogens with zero attached hydrogens (tertiary/aromatic N) is 3.